The van der Waals surface area contributed by atoms with Gasteiger partial charge in [0.2, 0.25) is 0 Å². The van der Waals surface area contributed by atoms with Crippen molar-refractivity contribution in [3.63, 3.8) is 0 Å². The zero-order chi connectivity index (χ0) is 8.27. The van der Waals surface area contributed by atoms with Crippen LogP contribution in [0.2, 0.25) is 0 Å². The van der Waals surface area contributed by atoms with Gasteiger partial charge in [-0.3, -0.25) is 4.79 Å². The molecule has 1 rings (SSSR count). The molecule has 0 aliphatic rings. The van der Waals surface area contributed by atoms with Crippen LogP contribution in [0.5, 0.6) is 0 Å². The molecule has 0 atom stereocenters. The van der Waals surface area contributed by atoms with E-state index in [2.05, 4.69) is 17.2 Å². The summed E-state index contributed by atoms with van der Waals surface area (Å²) in [7, 11) is 0. The largest absolute Gasteiger partial charge is 0.327 e. The second kappa shape index (κ2) is 5.40. The molecule has 0 aliphatic carbocycles. The minimum atomic E-state index is -0.434. The summed E-state index contributed by atoms with van der Waals surface area (Å²) in [5, 5.41) is 2.75. The van der Waals surface area contributed by atoms with E-state index in [1.54, 1.807) is 0 Å². The van der Waals surface area contributed by atoms with E-state index in [4.69, 9.17) is 0 Å². The first-order valence-corrected chi connectivity index (χ1v) is 3.58. The van der Waals surface area contributed by atoms with Gasteiger partial charge in [-0.1, -0.05) is 11.3 Å². The normalized spacial score (nSPS) is 8.33. The van der Waals surface area contributed by atoms with Gasteiger partial charge < -0.3 is 17.0 Å². The van der Waals surface area contributed by atoms with Gasteiger partial charge in [0.05, 0.1) is 17.0 Å². The minimum absolute atomic E-state index is 0. The van der Waals surface area contributed by atoms with Crippen molar-refractivity contribution in [1.29, 1.82) is 0 Å². The Balaban J connectivity index is 0.00000121. The summed E-state index contributed by atoms with van der Waals surface area (Å²) in [6, 6.07) is 0. The van der Waals surface area contributed by atoms with Crippen molar-refractivity contribution in [2.75, 3.05) is 5.32 Å². The molecule has 12 heavy (non-hydrogen) atoms. The predicted molar refractivity (Wildman–Crippen MR) is 41.5 cm³/mol. The van der Waals surface area contributed by atoms with Crippen molar-refractivity contribution in [3.8, 4) is 0 Å². The average Bonchev–Trinajstić information content (AvgIpc) is 2.34. The van der Waals surface area contributed by atoms with Crippen molar-refractivity contribution >= 4 is 28.7 Å². The van der Waals surface area contributed by atoms with Crippen molar-refractivity contribution in [2.24, 2.45) is 0 Å². The van der Waals surface area contributed by atoms with Gasteiger partial charge in [-0.15, -0.1) is 0 Å². The molecule has 0 bridgehead atoms. The number of rotatable bonds is 2. The van der Waals surface area contributed by atoms with Gasteiger partial charge >= 0.3 is 0 Å². The second-order valence-corrected chi connectivity index (χ2v) is 2.80. The van der Waals surface area contributed by atoms with E-state index in [0.717, 1.165) is 11.3 Å². The molecule has 4 nitrogen and oxygen atoms in total. The Kier molecular flexibility index (Phi) is 5.28. The third-order valence-corrected chi connectivity index (χ3v) is 1.72. The predicted octanol–water partition coefficient (Wildman–Crippen LogP) is 0.726. The first-order chi connectivity index (χ1) is 5.22. The molecular formula is C6H5N2O2SY-. The van der Waals surface area contributed by atoms with Gasteiger partial charge in [-0.2, -0.15) is 0 Å². The van der Waals surface area contributed by atoms with Crippen molar-refractivity contribution < 1.29 is 42.3 Å². The SMILES string of the molecule is [CH2-]C(=O)Nc1ncc(C=O)s1.[Y]. The third kappa shape index (κ3) is 3.43. The van der Waals surface area contributed by atoms with E-state index >= 15 is 0 Å². The third-order valence-electron chi connectivity index (χ3n) is 0.886. The Labute approximate surface area is 98.6 Å². The fourth-order valence-electron chi connectivity index (χ4n) is 0.518. The molecule has 1 aromatic heterocycles. The van der Waals surface area contributed by atoms with Gasteiger partial charge in [-0.25, -0.2) is 4.98 Å². The Hall–Kier alpha value is -0.256. The molecule has 0 spiro atoms. The Morgan fingerprint density at radius 2 is 2.42 bits per heavy atom. The van der Waals surface area contributed by atoms with Crippen LogP contribution in [-0.4, -0.2) is 17.2 Å². The van der Waals surface area contributed by atoms with E-state index < -0.39 is 5.91 Å². The molecule has 1 heterocycles. The van der Waals surface area contributed by atoms with Crippen LogP contribution in [0.4, 0.5) is 5.13 Å². The van der Waals surface area contributed by atoms with Crippen LogP contribution in [0.1, 0.15) is 9.67 Å². The standard InChI is InChI=1S/C6H5N2O2S.Y/c1-4(10)8-6-7-2-5(3-9)11-6;/h2-3H,1H2,(H,7,8,10);/q-1;. The van der Waals surface area contributed by atoms with E-state index in [1.807, 2.05) is 0 Å². The van der Waals surface area contributed by atoms with Gasteiger partial charge in [0.25, 0.3) is 0 Å². The second-order valence-electron chi connectivity index (χ2n) is 1.73. The smallest absolute Gasteiger partial charge is 0.187 e. The van der Waals surface area contributed by atoms with Gasteiger partial charge in [0.15, 0.2) is 11.4 Å². The molecule has 0 fully saturated rings. The number of carbonyl (C=O) groups excluding carboxylic acids is 2. The maximum atomic E-state index is 10.4. The number of aromatic nitrogens is 1. The van der Waals surface area contributed by atoms with Crippen LogP contribution >= 0.6 is 11.3 Å². The topological polar surface area (TPSA) is 59.1 Å². The van der Waals surface area contributed by atoms with Crippen LogP contribution in [-0.2, 0) is 37.5 Å². The number of carbonyl (C=O) groups is 2. The van der Waals surface area contributed by atoms with Crippen molar-refractivity contribution in [3.05, 3.63) is 18.0 Å². The molecule has 61 valence electrons. The number of amides is 1. The molecule has 0 unspecified atom stereocenters. The summed E-state index contributed by atoms with van der Waals surface area (Å²) in [6.45, 7) is 3.10. The summed E-state index contributed by atoms with van der Waals surface area (Å²) >= 11 is 1.11. The Bertz CT molecular complexity index is 287. The van der Waals surface area contributed by atoms with Crippen LogP contribution in [0.25, 0.3) is 0 Å². The Morgan fingerprint density at radius 3 is 2.83 bits per heavy atom. The molecule has 0 aromatic carbocycles. The summed E-state index contributed by atoms with van der Waals surface area (Å²) in [6.07, 6.45) is 2.07. The Morgan fingerprint density at radius 1 is 1.75 bits per heavy atom. The number of nitrogens with one attached hydrogen (secondary N) is 1. The number of anilines is 1. The fourth-order valence-corrected chi connectivity index (χ4v) is 1.17. The number of nitrogens with zero attached hydrogens (tertiary/aromatic N) is 1. The summed E-state index contributed by atoms with van der Waals surface area (Å²) < 4.78 is 0. The zero-order valence-electron chi connectivity index (χ0n) is 6.11. The zero-order valence-corrected chi connectivity index (χ0v) is 9.77. The number of hydrogen-bond acceptors (Lipinski definition) is 4. The summed E-state index contributed by atoms with van der Waals surface area (Å²) in [5.74, 6) is -0.434. The molecule has 1 aromatic rings. The first kappa shape index (κ1) is 11.7. The number of thiazole rings is 1. The van der Waals surface area contributed by atoms with Crippen LogP contribution in [0.15, 0.2) is 6.20 Å². The van der Waals surface area contributed by atoms with E-state index in [0.29, 0.717) is 16.3 Å². The average molecular weight is 258 g/mol. The van der Waals surface area contributed by atoms with E-state index in [9.17, 15) is 9.59 Å². The van der Waals surface area contributed by atoms with Crippen LogP contribution < -0.4 is 5.32 Å². The molecular weight excluding hydrogens is 253 g/mol. The molecule has 0 saturated heterocycles. The van der Waals surface area contributed by atoms with Crippen molar-refractivity contribution in [2.45, 2.75) is 0 Å². The summed E-state index contributed by atoms with van der Waals surface area (Å²) in [4.78, 5) is 24.7. The molecule has 1 amide bonds. The molecule has 1 N–H and O–H groups in total. The van der Waals surface area contributed by atoms with Gasteiger partial charge in [0, 0.05) is 32.7 Å². The molecule has 0 aliphatic heterocycles. The van der Waals surface area contributed by atoms with E-state index in [1.165, 1.54) is 6.20 Å². The monoisotopic (exact) mass is 258 g/mol. The molecule has 1 radical (unpaired) electrons. The first-order valence-electron chi connectivity index (χ1n) is 2.76. The van der Waals surface area contributed by atoms with Crippen LogP contribution in [0.3, 0.4) is 0 Å². The molecule has 0 saturated carbocycles. The fraction of sp³-hybridized carbons (Fsp3) is 0. The van der Waals surface area contributed by atoms with Crippen molar-refractivity contribution in [1.82, 2.24) is 4.98 Å². The number of aldehydes is 1. The van der Waals surface area contributed by atoms with Gasteiger partial charge in [-0.05, 0) is 0 Å². The minimum Gasteiger partial charge on any atom is -0.327 e. The summed E-state index contributed by atoms with van der Waals surface area (Å²) in [5.41, 5.74) is 0. The van der Waals surface area contributed by atoms with E-state index in [-0.39, 0.29) is 32.7 Å². The van der Waals surface area contributed by atoms with Crippen LogP contribution in [0, 0.1) is 6.92 Å². The maximum Gasteiger partial charge on any atom is 0.187 e. The molecule has 6 heteroatoms. The van der Waals surface area contributed by atoms with Gasteiger partial charge in [0.1, 0.15) is 0 Å². The maximum absolute atomic E-state index is 10.4. The number of hydrogen-bond donors (Lipinski definition) is 1. The quantitative estimate of drug-likeness (QED) is 0.628.